The lowest BCUT2D eigenvalue weighted by atomic mass is 10.0. The number of aryl methyl sites for hydroxylation is 4. The molecule has 2 aliphatic carbocycles. The molecule has 0 fully saturated rings. The van der Waals surface area contributed by atoms with Crippen LogP contribution in [0.3, 0.4) is 0 Å². The first kappa shape index (κ1) is 13.8. The zero-order chi connectivity index (χ0) is 14.1. The summed E-state index contributed by atoms with van der Waals surface area (Å²) < 4.78 is 2.56. The summed E-state index contributed by atoms with van der Waals surface area (Å²) in [5, 5.41) is 0. The number of imidazole rings is 1. The Balaban J connectivity index is 1.68. The SMILES string of the molecule is C1CCCCCc2c(nc3sc4c(n23)CCC4)CCCC1. The van der Waals surface area contributed by atoms with Crippen molar-refractivity contribution in [2.24, 2.45) is 0 Å². The highest BCUT2D eigenvalue weighted by Crippen LogP contribution is 2.34. The van der Waals surface area contributed by atoms with Gasteiger partial charge >= 0.3 is 0 Å². The summed E-state index contributed by atoms with van der Waals surface area (Å²) in [6.07, 6.45) is 17.6. The van der Waals surface area contributed by atoms with E-state index in [1.807, 2.05) is 11.3 Å². The Labute approximate surface area is 131 Å². The third-order valence-corrected chi connectivity index (χ3v) is 6.37. The molecule has 4 rings (SSSR count). The van der Waals surface area contributed by atoms with Gasteiger partial charge in [-0.1, -0.05) is 38.5 Å². The van der Waals surface area contributed by atoms with Crippen molar-refractivity contribution in [1.82, 2.24) is 9.38 Å². The summed E-state index contributed by atoms with van der Waals surface area (Å²) >= 11 is 1.96. The summed E-state index contributed by atoms with van der Waals surface area (Å²) in [6.45, 7) is 0. The standard InChI is InChI=1S/C18H26N2S/c1-2-4-6-8-11-15-14(10-7-5-3-1)19-18-20(15)16-12-9-13-17(16)21-18/h1-13H2. The fraction of sp³-hybridized carbons (Fsp3) is 0.722. The zero-order valence-electron chi connectivity index (χ0n) is 13.0. The van der Waals surface area contributed by atoms with Crippen molar-refractivity contribution >= 4 is 16.3 Å². The Bertz CT molecular complexity index is 623. The van der Waals surface area contributed by atoms with Gasteiger partial charge in [-0.25, -0.2) is 4.98 Å². The minimum Gasteiger partial charge on any atom is -0.291 e. The van der Waals surface area contributed by atoms with Gasteiger partial charge in [0.25, 0.3) is 0 Å². The highest BCUT2D eigenvalue weighted by Gasteiger charge is 2.23. The van der Waals surface area contributed by atoms with E-state index in [0.29, 0.717) is 0 Å². The molecule has 0 unspecified atom stereocenters. The van der Waals surface area contributed by atoms with E-state index in [4.69, 9.17) is 4.98 Å². The molecule has 2 aromatic rings. The van der Waals surface area contributed by atoms with Gasteiger partial charge < -0.3 is 0 Å². The molecule has 0 spiro atoms. The van der Waals surface area contributed by atoms with Crippen LogP contribution in [-0.4, -0.2) is 9.38 Å². The van der Waals surface area contributed by atoms with Gasteiger partial charge in [0.15, 0.2) is 4.96 Å². The smallest absolute Gasteiger partial charge is 0.194 e. The highest BCUT2D eigenvalue weighted by atomic mass is 32.1. The summed E-state index contributed by atoms with van der Waals surface area (Å²) in [5.74, 6) is 0. The zero-order valence-corrected chi connectivity index (χ0v) is 13.8. The number of rotatable bonds is 0. The molecule has 2 aromatic heterocycles. The maximum atomic E-state index is 5.03. The molecule has 2 nitrogen and oxygen atoms in total. The Morgan fingerprint density at radius 3 is 2.14 bits per heavy atom. The first-order chi connectivity index (χ1) is 10.4. The first-order valence-electron chi connectivity index (χ1n) is 8.94. The van der Waals surface area contributed by atoms with Crippen LogP contribution in [0.25, 0.3) is 4.96 Å². The maximum absolute atomic E-state index is 5.03. The molecule has 2 aliphatic rings. The lowest BCUT2D eigenvalue weighted by Gasteiger charge is -2.08. The molecule has 0 saturated heterocycles. The van der Waals surface area contributed by atoms with Gasteiger partial charge in [-0.05, 0) is 44.9 Å². The summed E-state index contributed by atoms with van der Waals surface area (Å²) in [4.78, 5) is 7.93. The first-order valence-corrected chi connectivity index (χ1v) is 9.76. The molecular formula is C18H26N2S. The largest absolute Gasteiger partial charge is 0.291 e. The predicted molar refractivity (Wildman–Crippen MR) is 89.4 cm³/mol. The number of hydrogen-bond acceptors (Lipinski definition) is 2. The average molecular weight is 302 g/mol. The van der Waals surface area contributed by atoms with E-state index in [9.17, 15) is 0 Å². The Morgan fingerprint density at radius 1 is 0.667 bits per heavy atom. The van der Waals surface area contributed by atoms with E-state index in [1.165, 1.54) is 94.1 Å². The highest BCUT2D eigenvalue weighted by molar-refractivity contribution is 7.17. The van der Waals surface area contributed by atoms with Crippen LogP contribution in [0.1, 0.15) is 79.7 Å². The summed E-state index contributed by atoms with van der Waals surface area (Å²) in [5.41, 5.74) is 4.61. The van der Waals surface area contributed by atoms with E-state index in [1.54, 1.807) is 16.3 Å². The van der Waals surface area contributed by atoms with Gasteiger partial charge in [-0.15, -0.1) is 11.3 Å². The third kappa shape index (κ3) is 2.65. The molecule has 3 heteroatoms. The van der Waals surface area contributed by atoms with Crippen LogP contribution in [0.15, 0.2) is 0 Å². The van der Waals surface area contributed by atoms with Gasteiger partial charge in [0.05, 0.1) is 5.69 Å². The summed E-state index contributed by atoms with van der Waals surface area (Å²) in [6, 6.07) is 0. The lowest BCUT2D eigenvalue weighted by molar-refractivity contribution is 0.555. The Kier molecular flexibility index (Phi) is 4.02. The minimum atomic E-state index is 1.21. The molecule has 0 N–H and O–H groups in total. The van der Waals surface area contributed by atoms with Crippen LogP contribution < -0.4 is 0 Å². The predicted octanol–water partition coefficient (Wildman–Crippen LogP) is 5.10. The van der Waals surface area contributed by atoms with Gasteiger partial charge in [-0.2, -0.15) is 0 Å². The maximum Gasteiger partial charge on any atom is 0.194 e. The number of aromatic nitrogens is 2. The molecule has 0 saturated carbocycles. The molecule has 0 aliphatic heterocycles. The molecule has 2 heterocycles. The molecule has 0 amide bonds. The fourth-order valence-corrected chi connectivity index (χ4v) is 5.33. The second-order valence-electron chi connectivity index (χ2n) is 6.78. The summed E-state index contributed by atoms with van der Waals surface area (Å²) in [7, 11) is 0. The molecule has 0 radical (unpaired) electrons. The monoisotopic (exact) mass is 302 g/mol. The van der Waals surface area contributed by atoms with E-state index < -0.39 is 0 Å². The minimum absolute atomic E-state index is 1.21. The second kappa shape index (κ2) is 6.12. The van der Waals surface area contributed by atoms with Crippen LogP contribution in [0.4, 0.5) is 0 Å². The van der Waals surface area contributed by atoms with Crippen LogP contribution in [0.2, 0.25) is 0 Å². The lowest BCUT2D eigenvalue weighted by Crippen LogP contribution is -2.01. The van der Waals surface area contributed by atoms with E-state index in [0.717, 1.165) is 0 Å². The average Bonchev–Trinajstić information content (AvgIpc) is 3.10. The van der Waals surface area contributed by atoms with Crippen LogP contribution in [-0.2, 0) is 25.7 Å². The van der Waals surface area contributed by atoms with Crippen molar-refractivity contribution in [3.05, 3.63) is 22.0 Å². The number of nitrogens with zero attached hydrogens (tertiary/aromatic N) is 2. The van der Waals surface area contributed by atoms with Crippen molar-refractivity contribution in [1.29, 1.82) is 0 Å². The van der Waals surface area contributed by atoms with Crippen LogP contribution in [0.5, 0.6) is 0 Å². The van der Waals surface area contributed by atoms with Crippen molar-refractivity contribution in [3.63, 3.8) is 0 Å². The Hall–Kier alpha value is -0.830. The fourth-order valence-electron chi connectivity index (χ4n) is 4.08. The van der Waals surface area contributed by atoms with E-state index >= 15 is 0 Å². The molecule has 114 valence electrons. The van der Waals surface area contributed by atoms with Gasteiger partial charge in [0, 0.05) is 16.3 Å². The van der Waals surface area contributed by atoms with Crippen molar-refractivity contribution < 1.29 is 0 Å². The molecule has 0 aromatic carbocycles. The van der Waals surface area contributed by atoms with E-state index in [2.05, 4.69) is 4.40 Å². The third-order valence-electron chi connectivity index (χ3n) is 5.23. The molecule has 0 atom stereocenters. The van der Waals surface area contributed by atoms with Crippen molar-refractivity contribution in [2.75, 3.05) is 0 Å². The van der Waals surface area contributed by atoms with Gasteiger partial charge in [0.2, 0.25) is 0 Å². The molecule has 0 bridgehead atoms. The molecular weight excluding hydrogens is 276 g/mol. The van der Waals surface area contributed by atoms with Gasteiger partial charge in [-0.3, -0.25) is 4.40 Å². The van der Waals surface area contributed by atoms with Crippen LogP contribution in [0, 0.1) is 0 Å². The quantitative estimate of drug-likeness (QED) is 0.661. The topological polar surface area (TPSA) is 17.3 Å². The number of thiazole rings is 1. The number of fused-ring (bicyclic) bond motifs is 5. The van der Waals surface area contributed by atoms with Gasteiger partial charge in [0.1, 0.15) is 0 Å². The number of hydrogen-bond donors (Lipinski definition) is 0. The second-order valence-corrected chi connectivity index (χ2v) is 7.84. The van der Waals surface area contributed by atoms with Crippen molar-refractivity contribution in [3.8, 4) is 0 Å². The normalized spacial score (nSPS) is 20.8. The van der Waals surface area contributed by atoms with E-state index in [-0.39, 0.29) is 0 Å². The van der Waals surface area contributed by atoms with Crippen molar-refractivity contribution in [2.45, 2.75) is 83.5 Å². The Morgan fingerprint density at radius 2 is 1.33 bits per heavy atom. The van der Waals surface area contributed by atoms with Crippen LogP contribution >= 0.6 is 11.3 Å². The molecule has 21 heavy (non-hydrogen) atoms.